The van der Waals surface area contributed by atoms with Crippen molar-refractivity contribution >= 4 is 35.1 Å². The van der Waals surface area contributed by atoms with E-state index in [1.807, 2.05) is 12.1 Å². The highest BCUT2D eigenvalue weighted by molar-refractivity contribution is 6.42. The lowest BCUT2D eigenvalue weighted by Crippen LogP contribution is -1.90. The number of hydrogen-bond donors (Lipinski definition) is 1. The van der Waals surface area contributed by atoms with Crippen molar-refractivity contribution in [1.82, 2.24) is 0 Å². The number of benzene rings is 2. The Morgan fingerprint density at radius 3 is 2.42 bits per heavy atom. The Bertz CT molecular complexity index is 643. The molecule has 0 amide bonds. The molecule has 0 radical (unpaired) electrons. The van der Waals surface area contributed by atoms with Crippen LogP contribution in [0.5, 0.6) is 0 Å². The summed E-state index contributed by atoms with van der Waals surface area (Å²) in [7, 11) is 0. The van der Waals surface area contributed by atoms with Gasteiger partial charge in [0.25, 0.3) is 0 Å². The summed E-state index contributed by atoms with van der Waals surface area (Å²) in [6.45, 7) is 0. The highest BCUT2D eigenvalue weighted by atomic mass is 35.5. The molecule has 0 bridgehead atoms. The van der Waals surface area contributed by atoms with Gasteiger partial charge >= 0.3 is 0 Å². The molecule has 19 heavy (non-hydrogen) atoms. The van der Waals surface area contributed by atoms with Crippen LogP contribution in [0.3, 0.4) is 0 Å². The van der Waals surface area contributed by atoms with Crippen LogP contribution in [0.1, 0.15) is 11.1 Å². The highest BCUT2D eigenvalue weighted by Gasteiger charge is 1.97. The van der Waals surface area contributed by atoms with Crippen LogP contribution in [-0.4, -0.2) is 6.21 Å². The van der Waals surface area contributed by atoms with Crippen molar-refractivity contribution in [2.45, 2.75) is 0 Å². The van der Waals surface area contributed by atoms with Crippen molar-refractivity contribution in [2.24, 2.45) is 5.10 Å². The van der Waals surface area contributed by atoms with Crippen LogP contribution in [0.2, 0.25) is 10.0 Å². The summed E-state index contributed by atoms with van der Waals surface area (Å²) in [5.74, 6) is 0. The number of hydrazone groups is 1. The summed E-state index contributed by atoms with van der Waals surface area (Å²) >= 11 is 11.7. The average molecular weight is 290 g/mol. The van der Waals surface area contributed by atoms with Crippen molar-refractivity contribution in [3.05, 3.63) is 63.6 Å². The lowest BCUT2D eigenvalue weighted by atomic mass is 10.2. The van der Waals surface area contributed by atoms with Gasteiger partial charge in [-0.15, -0.1) is 0 Å². The van der Waals surface area contributed by atoms with Gasteiger partial charge in [-0.25, -0.2) is 0 Å². The molecule has 0 saturated carbocycles. The quantitative estimate of drug-likeness (QED) is 0.676. The van der Waals surface area contributed by atoms with Crippen molar-refractivity contribution < 1.29 is 0 Å². The fourth-order valence-corrected chi connectivity index (χ4v) is 1.69. The Labute approximate surface area is 121 Å². The van der Waals surface area contributed by atoms with Crippen LogP contribution in [0.4, 0.5) is 5.69 Å². The van der Waals surface area contributed by atoms with E-state index in [4.69, 9.17) is 28.5 Å². The van der Waals surface area contributed by atoms with Gasteiger partial charge in [-0.2, -0.15) is 10.4 Å². The molecule has 2 rings (SSSR count). The molecular weight excluding hydrogens is 281 g/mol. The van der Waals surface area contributed by atoms with Gasteiger partial charge < -0.3 is 0 Å². The summed E-state index contributed by atoms with van der Waals surface area (Å²) in [5, 5.41) is 13.7. The van der Waals surface area contributed by atoms with Crippen LogP contribution in [0.15, 0.2) is 47.6 Å². The summed E-state index contributed by atoms with van der Waals surface area (Å²) < 4.78 is 0. The summed E-state index contributed by atoms with van der Waals surface area (Å²) in [4.78, 5) is 0. The fourth-order valence-electron chi connectivity index (χ4n) is 1.39. The van der Waals surface area contributed by atoms with Crippen molar-refractivity contribution in [3.63, 3.8) is 0 Å². The Morgan fingerprint density at radius 2 is 1.79 bits per heavy atom. The topological polar surface area (TPSA) is 48.2 Å². The van der Waals surface area contributed by atoms with Crippen LogP contribution in [0.25, 0.3) is 0 Å². The summed E-state index contributed by atoms with van der Waals surface area (Å²) in [6, 6.07) is 14.3. The van der Waals surface area contributed by atoms with Gasteiger partial charge in [0.15, 0.2) is 0 Å². The molecule has 94 valence electrons. The molecule has 5 heteroatoms. The average Bonchev–Trinajstić information content (AvgIpc) is 2.43. The number of rotatable bonds is 3. The van der Waals surface area contributed by atoms with Crippen molar-refractivity contribution in [1.29, 1.82) is 5.26 Å². The maximum atomic E-state index is 8.68. The maximum absolute atomic E-state index is 8.68. The monoisotopic (exact) mass is 289 g/mol. The lowest BCUT2D eigenvalue weighted by molar-refractivity contribution is 1.35. The third-order valence-electron chi connectivity index (χ3n) is 2.37. The van der Waals surface area contributed by atoms with E-state index in [0.29, 0.717) is 15.6 Å². The maximum Gasteiger partial charge on any atom is 0.0991 e. The van der Waals surface area contributed by atoms with Crippen molar-refractivity contribution in [3.8, 4) is 6.07 Å². The van der Waals surface area contributed by atoms with E-state index in [1.165, 1.54) is 0 Å². The molecule has 1 N–H and O–H groups in total. The van der Waals surface area contributed by atoms with E-state index in [2.05, 4.69) is 16.6 Å². The lowest BCUT2D eigenvalue weighted by Gasteiger charge is -2.01. The predicted molar refractivity (Wildman–Crippen MR) is 78.8 cm³/mol. The first-order valence-electron chi connectivity index (χ1n) is 5.43. The molecule has 0 heterocycles. The molecule has 0 aromatic heterocycles. The second kappa shape index (κ2) is 6.24. The molecule has 0 atom stereocenters. The third kappa shape index (κ3) is 3.72. The first-order chi connectivity index (χ1) is 9.19. The van der Waals surface area contributed by atoms with Gasteiger partial charge in [-0.3, -0.25) is 5.43 Å². The predicted octanol–water partition coefficient (Wildman–Crippen LogP) is 4.31. The van der Waals surface area contributed by atoms with Crippen molar-refractivity contribution in [2.75, 3.05) is 5.43 Å². The van der Waals surface area contributed by atoms with Gasteiger partial charge in [0.05, 0.1) is 33.6 Å². The normalized spacial score (nSPS) is 10.4. The van der Waals surface area contributed by atoms with Gasteiger partial charge in [0, 0.05) is 0 Å². The van der Waals surface area contributed by atoms with E-state index in [-0.39, 0.29) is 0 Å². The largest absolute Gasteiger partial charge is 0.278 e. The Hall–Kier alpha value is -2.02. The number of nitriles is 1. The molecule has 0 fully saturated rings. The van der Waals surface area contributed by atoms with Gasteiger partial charge in [0.2, 0.25) is 0 Å². The molecular formula is C14H9Cl2N3. The first kappa shape index (κ1) is 13.4. The minimum absolute atomic E-state index is 0.472. The SMILES string of the molecule is N#Cc1ccc(C=NNc2ccc(Cl)c(Cl)c2)cc1. The van der Waals surface area contributed by atoms with Gasteiger partial charge in [-0.1, -0.05) is 35.3 Å². The van der Waals surface area contributed by atoms with E-state index < -0.39 is 0 Å². The fraction of sp³-hybridized carbons (Fsp3) is 0. The Kier molecular flexibility index (Phi) is 4.40. The molecule has 2 aromatic rings. The van der Waals surface area contributed by atoms with Gasteiger partial charge in [-0.05, 0) is 35.9 Å². The van der Waals surface area contributed by atoms with Crippen LogP contribution in [0, 0.1) is 11.3 Å². The number of nitrogens with zero attached hydrogens (tertiary/aromatic N) is 2. The van der Waals surface area contributed by atoms with E-state index >= 15 is 0 Å². The van der Waals surface area contributed by atoms with E-state index in [0.717, 1.165) is 11.3 Å². The van der Waals surface area contributed by atoms with Gasteiger partial charge in [0.1, 0.15) is 0 Å². The second-order valence-corrected chi connectivity index (χ2v) is 4.55. The zero-order chi connectivity index (χ0) is 13.7. The van der Waals surface area contributed by atoms with Crippen LogP contribution < -0.4 is 5.43 Å². The third-order valence-corrected chi connectivity index (χ3v) is 3.11. The standard InChI is InChI=1S/C14H9Cl2N3/c15-13-6-5-12(7-14(13)16)19-18-9-11-3-1-10(8-17)2-4-11/h1-7,9,19H. The smallest absolute Gasteiger partial charge is 0.0991 e. The molecule has 0 spiro atoms. The zero-order valence-corrected chi connectivity index (χ0v) is 11.3. The molecule has 0 aliphatic rings. The molecule has 0 aliphatic heterocycles. The summed E-state index contributed by atoms with van der Waals surface area (Å²) in [5.41, 5.74) is 5.12. The summed E-state index contributed by atoms with van der Waals surface area (Å²) in [6.07, 6.45) is 1.66. The second-order valence-electron chi connectivity index (χ2n) is 3.73. The number of anilines is 1. The number of nitrogens with one attached hydrogen (secondary N) is 1. The molecule has 3 nitrogen and oxygen atoms in total. The molecule has 0 unspecified atom stereocenters. The number of halogens is 2. The zero-order valence-electron chi connectivity index (χ0n) is 9.77. The Balaban J connectivity index is 2.02. The first-order valence-corrected chi connectivity index (χ1v) is 6.19. The minimum Gasteiger partial charge on any atom is -0.278 e. The molecule has 2 aromatic carbocycles. The highest BCUT2D eigenvalue weighted by Crippen LogP contribution is 2.24. The number of hydrogen-bond acceptors (Lipinski definition) is 3. The van der Waals surface area contributed by atoms with E-state index in [1.54, 1.807) is 36.5 Å². The minimum atomic E-state index is 0.472. The molecule has 0 saturated heterocycles. The van der Waals surface area contributed by atoms with E-state index in [9.17, 15) is 0 Å². The molecule has 0 aliphatic carbocycles. The van der Waals surface area contributed by atoms with Crippen LogP contribution in [-0.2, 0) is 0 Å². The van der Waals surface area contributed by atoms with Crippen LogP contribution >= 0.6 is 23.2 Å². The Morgan fingerprint density at radius 1 is 1.05 bits per heavy atom.